The number of carboxylic acids is 1. The van der Waals surface area contributed by atoms with E-state index in [0.29, 0.717) is 6.07 Å². The first-order chi connectivity index (χ1) is 20.2. The monoisotopic (exact) mass is 627 g/mol. The number of nitrogens with zero attached hydrogens (tertiary/aromatic N) is 1. The molecule has 228 valence electrons. The van der Waals surface area contributed by atoms with E-state index < -0.39 is 68.9 Å². The summed E-state index contributed by atoms with van der Waals surface area (Å²) < 4.78 is 119. The van der Waals surface area contributed by atoms with Crippen LogP contribution >= 0.6 is 0 Å². The van der Waals surface area contributed by atoms with E-state index in [0.717, 1.165) is 40.7 Å². The van der Waals surface area contributed by atoms with Crippen molar-refractivity contribution in [1.29, 1.82) is 0 Å². The van der Waals surface area contributed by atoms with Crippen LogP contribution in [0.3, 0.4) is 0 Å². The Labute approximate surface area is 242 Å². The van der Waals surface area contributed by atoms with Crippen LogP contribution in [-0.4, -0.2) is 38.8 Å². The zero-order chi connectivity index (χ0) is 31.2. The van der Waals surface area contributed by atoms with Gasteiger partial charge in [-0.15, -0.1) is 0 Å². The Balaban J connectivity index is 1.60. The van der Waals surface area contributed by atoms with Gasteiger partial charge in [0.15, 0.2) is 0 Å². The first kappa shape index (κ1) is 30.3. The van der Waals surface area contributed by atoms with Crippen molar-refractivity contribution in [3.05, 3.63) is 84.2 Å². The maximum atomic E-state index is 14.3. The van der Waals surface area contributed by atoms with E-state index in [1.165, 1.54) is 18.2 Å². The van der Waals surface area contributed by atoms with Gasteiger partial charge in [-0.1, -0.05) is 24.3 Å². The van der Waals surface area contributed by atoms with Crippen molar-refractivity contribution in [3.63, 3.8) is 0 Å². The Morgan fingerprint density at radius 2 is 1.77 bits per heavy atom. The third-order valence-electron chi connectivity index (χ3n) is 7.33. The van der Waals surface area contributed by atoms with E-state index in [2.05, 4.69) is 4.74 Å². The fourth-order valence-corrected chi connectivity index (χ4v) is 6.80. The Morgan fingerprint density at radius 1 is 1.05 bits per heavy atom. The lowest BCUT2D eigenvalue weighted by atomic mass is 9.79. The minimum absolute atomic E-state index is 0.0255. The van der Waals surface area contributed by atoms with Gasteiger partial charge in [-0.2, -0.15) is 22.0 Å². The number of alkyl halides is 5. The summed E-state index contributed by atoms with van der Waals surface area (Å²) in [5.41, 5.74) is -2.39. The average Bonchev–Trinajstić information content (AvgIpc) is 3.41. The fourth-order valence-electron chi connectivity index (χ4n) is 5.25. The lowest BCUT2D eigenvalue weighted by Crippen LogP contribution is -2.46. The van der Waals surface area contributed by atoms with Crippen LogP contribution in [0.5, 0.6) is 11.5 Å². The highest BCUT2D eigenvalue weighted by atomic mass is 32.2. The van der Waals surface area contributed by atoms with Gasteiger partial charge in [-0.05, 0) is 66.4 Å². The molecule has 5 rings (SSSR count). The van der Waals surface area contributed by atoms with Crippen molar-refractivity contribution in [3.8, 4) is 22.6 Å². The smallest absolute Gasteiger partial charge is 0.416 e. The molecule has 0 saturated carbocycles. The van der Waals surface area contributed by atoms with Gasteiger partial charge in [0.1, 0.15) is 23.4 Å². The van der Waals surface area contributed by atoms with Gasteiger partial charge < -0.3 is 14.6 Å². The van der Waals surface area contributed by atoms with Crippen molar-refractivity contribution in [1.82, 2.24) is 0 Å². The Kier molecular flexibility index (Phi) is 7.84. The molecular weight excluding hydrogens is 604 g/mol. The maximum absolute atomic E-state index is 14.3. The van der Waals surface area contributed by atoms with E-state index in [1.54, 1.807) is 12.2 Å². The summed E-state index contributed by atoms with van der Waals surface area (Å²) in [6.45, 7) is -3.69. The molecule has 0 spiro atoms. The van der Waals surface area contributed by atoms with Crippen molar-refractivity contribution in [2.45, 2.75) is 43.0 Å². The van der Waals surface area contributed by atoms with E-state index >= 15 is 0 Å². The summed E-state index contributed by atoms with van der Waals surface area (Å²) in [5.74, 6) is -2.54. The second-order valence-corrected chi connectivity index (χ2v) is 12.1. The van der Waals surface area contributed by atoms with Crippen LogP contribution < -0.4 is 13.8 Å². The number of fused-ring (bicyclic) bond motifs is 1. The molecule has 1 aliphatic carbocycles. The largest absolute Gasteiger partial charge is 0.486 e. The molecule has 1 N–H and O–H groups in total. The van der Waals surface area contributed by atoms with Crippen molar-refractivity contribution >= 4 is 21.7 Å². The molecule has 1 heterocycles. The maximum Gasteiger partial charge on any atom is 0.416 e. The number of allylic oxidation sites excluding steroid dienone is 2. The van der Waals surface area contributed by atoms with Gasteiger partial charge in [0.2, 0.25) is 0 Å². The number of rotatable bonds is 8. The predicted molar refractivity (Wildman–Crippen MR) is 142 cm³/mol. The zero-order valence-electron chi connectivity index (χ0n) is 22.0. The normalized spacial score (nSPS) is 17.9. The van der Waals surface area contributed by atoms with Crippen LogP contribution in [0.1, 0.15) is 24.8 Å². The number of halogens is 6. The molecule has 3 aromatic rings. The molecule has 0 amide bonds. The second kappa shape index (κ2) is 11.1. The minimum atomic E-state index is -4.83. The van der Waals surface area contributed by atoms with Crippen LogP contribution in [-0.2, 0) is 21.0 Å². The minimum Gasteiger partial charge on any atom is -0.486 e. The highest BCUT2D eigenvalue weighted by Gasteiger charge is 2.45. The topological polar surface area (TPSA) is 93.1 Å². The molecule has 0 saturated heterocycles. The number of ether oxygens (including phenoxy) is 2. The molecule has 0 fully saturated rings. The Bertz CT molecular complexity index is 1680. The van der Waals surface area contributed by atoms with Crippen LogP contribution in [0.4, 0.5) is 32.0 Å². The van der Waals surface area contributed by atoms with Gasteiger partial charge >= 0.3 is 18.8 Å². The number of aliphatic carboxylic acids is 1. The average molecular weight is 628 g/mol. The van der Waals surface area contributed by atoms with E-state index in [9.17, 15) is 44.7 Å². The number of anilines is 1. The van der Waals surface area contributed by atoms with Gasteiger partial charge in [0.25, 0.3) is 10.0 Å². The quantitative estimate of drug-likeness (QED) is 0.216. The van der Waals surface area contributed by atoms with Gasteiger partial charge in [0, 0.05) is 12.5 Å². The SMILES string of the molecule is O=C(O)C1(CC2CN(S(=O)(=O)c3cccc(C(F)(F)F)c3)c3cc(-c4cc(F)cc(OC(F)F)c4)ccc3O2)CC=CC1. The van der Waals surface area contributed by atoms with Gasteiger partial charge in [0.05, 0.1) is 28.1 Å². The first-order valence-electron chi connectivity index (χ1n) is 12.8. The molecule has 1 atom stereocenters. The first-order valence-corrected chi connectivity index (χ1v) is 14.3. The number of carboxylic acid groups (broad SMARTS) is 1. The fraction of sp³-hybridized carbons (Fsp3) is 0.276. The predicted octanol–water partition coefficient (Wildman–Crippen LogP) is 6.88. The number of benzene rings is 3. The molecule has 1 aliphatic heterocycles. The van der Waals surface area contributed by atoms with Gasteiger partial charge in [-0.3, -0.25) is 9.10 Å². The molecule has 14 heteroatoms. The second-order valence-electron chi connectivity index (χ2n) is 10.2. The highest BCUT2D eigenvalue weighted by Crippen LogP contribution is 2.45. The number of carbonyl (C=O) groups is 1. The van der Waals surface area contributed by atoms with Crippen LogP contribution in [0.2, 0.25) is 0 Å². The lowest BCUT2D eigenvalue weighted by Gasteiger charge is -2.38. The third-order valence-corrected chi connectivity index (χ3v) is 9.10. The molecule has 7 nitrogen and oxygen atoms in total. The van der Waals surface area contributed by atoms with Crippen LogP contribution in [0.15, 0.2) is 77.7 Å². The molecule has 0 aromatic heterocycles. The van der Waals surface area contributed by atoms with Crippen molar-refractivity contribution in [2.75, 3.05) is 10.8 Å². The number of hydrogen-bond acceptors (Lipinski definition) is 5. The Hall–Kier alpha value is -4.20. The molecule has 0 radical (unpaired) electrons. The lowest BCUT2D eigenvalue weighted by molar-refractivity contribution is -0.150. The van der Waals surface area contributed by atoms with Crippen LogP contribution in [0, 0.1) is 11.2 Å². The van der Waals surface area contributed by atoms with E-state index in [4.69, 9.17) is 4.74 Å². The third kappa shape index (κ3) is 6.14. The summed E-state index contributed by atoms with van der Waals surface area (Å²) in [5, 5.41) is 9.94. The Morgan fingerprint density at radius 3 is 2.42 bits per heavy atom. The highest BCUT2D eigenvalue weighted by molar-refractivity contribution is 7.92. The van der Waals surface area contributed by atoms with E-state index in [1.807, 2.05) is 0 Å². The molecule has 2 aliphatic rings. The summed E-state index contributed by atoms with van der Waals surface area (Å²) in [7, 11) is -4.70. The molecule has 43 heavy (non-hydrogen) atoms. The standard InChI is InChI=1S/C29H23F6NO6S/c30-20-10-18(11-21(14-20)42-27(31)32)17-6-7-25-24(12-17)36(16-22(41-25)15-28(26(37)38)8-1-2-9-28)43(39,40)23-5-3-4-19(13-23)29(33,34)35/h1-7,10-14,22,27H,8-9,15-16H2,(H,37,38). The number of sulfonamides is 1. The summed E-state index contributed by atoms with van der Waals surface area (Å²) >= 11 is 0. The van der Waals surface area contributed by atoms with Crippen LogP contribution in [0.25, 0.3) is 11.1 Å². The summed E-state index contributed by atoms with van der Waals surface area (Å²) in [6, 6.07) is 10.0. The van der Waals surface area contributed by atoms with Gasteiger partial charge in [-0.25, -0.2) is 12.8 Å². The van der Waals surface area contributed by atoms with Crippen molar-refractivity contribution < 1.29 is 54.1 Å². The zero-order valence-corrected chi connectivity index (χ0v) is 22.8. The molecule has 0 bridgehead atoms. The molecule has 1 unspecified atom stereocenters. The molecular formula is C29H23F6NO6S. The summed E-state index contributed by atoms with van der Waals surface area (Å²) in [4.78, 5) is 11.5. The molecule has 3 aromatic carbocycles. The van der Waals surface area contributed by atoms with E-state index in [-0.39, 0.29) is 41.8 Å². The summed E-state index contributed by atoms with van der Waals surface area (Å²) in [6.07, 6.45) is -2.20. The number of hydrogen-bond donors (Lipinski definition) is 1. The van der Waals surface area contributed by atoms with Crippen molar-refractivity contribution in [2.24, 2.45) is 5.41 Å².